The van der Waals surface area contributed by atoms with E-state index in [2.05, 4.69) is 44.2 Å². The average molecular weight is 341 g/mol. The van der Waals surface area contributed by atoms with Gasteiger partial charge >= 0.3 is 0 Å². The van der Waals surface area contributed by atoms with Crippen molar-refractivity contribution in [2.45, 2.75) is 78.1 Å². The molecule has 138 valence electrons. The normalized spacial score (nSPS) is 27.0. The van der Waals surface area contributed by atoms with Gasteiger partial charge in [0.15, 0.2) is 0 Å². The van der Waals surface area contributed by atoms with Gasteiger partial charge in [-0.3, -0.25) is 0 Å². The first-order valence-corrected chi connectivity index (χ1v) is 10.7. The predicted molar refractivity (Wildman–Crippen MR) is 108 cm³/mol. The SMILES string of the molecule is CCCOc1ccc(C2=CCC(C3CCC(CCC)CC3)CC2)cc1. The number of allylic oxidation sites excluding steroid dienone is 2. The van der Waals surface area contributed by atoms with Gasteiger partial charge in [-0.1, -0.05) is 57.7 Å². The zero-order chi connectivity index (χ0) is 17.5. The van der Waals surface area contributed by atoms with Crippen LogP contribution in [0.2, 0.25) is 0 Å². The van der Waals surface area contributed by atoms with Crippen LogP contribution in [0.3, 0.4) is 0 Å². The molecule has 0 N–H and O–H groups in total. The third kappa shape index (κ3) is 5.12. The van der Waals surface area contributed by atoms with Gasteiger partial charge in [0.05, 0.1) is 6.61 Å². The summed E-state index contributed by atoms with van der Waals surface area (Å²) >= 11 is 0. The molecule has 1 heteroatoms. The molecule has 0 heterocycles. The van der Waals surface area contributed by atoms with E-state index < -0.39 is 0 Å². The lowest BCUT2D eigenvalue weighted by Gasteiger charge is -2.35. The van der Waals surface area contributed by atoms with E-state index in [1.807, 2.05) is 0 Å². The fourth-order valence-corrected chi connectivity index (χ4v) is 4.89. The van der Waals surface area contributed by atoms with Gasteiger partial charge in [-0.25, -0.2) is 0 Å². The van der Waals surface area contributed by atoms with Crippen LogP contribution in [0.1, 0.15) is 83.6 Å². The summed E-state index contributed by atoms with van der Waals surface area (Å²) in [5.41, 5.74) is 2.95. The van der Waals surface area contributed by atoms with Gasteiger partial charge in [-0.2, -0.15) is 0 Å². The second kappa shape index (κ2) is 9.46. The smallest absolute Gasteiger partial charge is 0.119 e. The summed E-state index contributed by atoms with van der Waals surface area (Å²) in [6, 6.07) is 8.75. The minimum absolute atomic E-state index is 0.810. The van der Waals surface area contributed by atoms with Crippen molar-refractivity contribution in [2.75, 3.05) is 6.61 Å². The Bertz CT molecular complexity index is 534. The fraction of sp³-hybridized carbons (Fsp3) is 0.667. The summed E-state index contributed by atoms with van der Waals surface area (Å²) in [5.74, 6) is 3.97. The Kier molecular flexibility index (Phi) is 7.02. The first-order chi connectivity index (χ1) is 12.3. The molecule has 0 aromatic heterocycles. The molecule has 0 aliphatic heterocycles. The summed E-state index contributed by atoms with van der Waals surface area (Å²) in [7, 11) is 0. The minimum Gasteiger partial charge on any atom is -0.494 e. The monoisotopic (exact) mass is 340 g/mol. The molecule has 0 radical (unpaired) electrons. The second-order valence-corrected chi connectivity index (χ2v) is 8.21. The Morgan fingerprint density at radius 3 is 2.24 bits per heavy atom. The van der Waals surface area contributed by atoms with Gasteiger partial charge in [-0.15, -0.1) is 0 Å². The van der Waals surface area contributed by atoms with Crippen molar-refractivity contribution < 1.29 is 4.74 Å². The molecule has 3 rings (SSSR count). The van der Waals surface area contributed by atoms with Gasteiger partial charge in [0.2, 0.25) is 0 Å². The lowest BCUT2D eigenvalue weighted by molar-refractivity contribution is 0.189. The molecule has 0 bridgehead atoms. The predicted octanol–water partition coefficient (Wildman–Crippen LogP) is 7.27. The zero-order valence-electron chi connectivity index (χ0n) is 16.3. The van der Waals surface area contributed by atoms with E-state index in [4.69, 9.17) is 4.74 Å². The Hall–Kier alpha value is -1.24. The van der Waals surface area contributed by atoms with Crippen molar-refractivity contribution >= 4 is 5.57 Å². The van der Waals surface area contributed by atoms with E-state index in [-0.39, 0.29) is 0 Å². The summed E-state index contributed by atoms with van der Waals surface area (Å²) in [6.45, 7) is 5.29. The van der Waals surface area contributed by atoms with Crippen molar-refractivity contribution in [3.05, 3.63) is 35.9 Å². The number of benzene rings is 1. The molecule has 1 nitrogen and oxygen atoms in total. The Morgan fingerprint density at radius 1 is 0.880 bits per heavy atom. The lowest BCUT2D eigenvalue weighted by atomic mass is 9.70. The van der Waals surface area contributed by atoms with Crippen LogP contribution in [-0.4, -0.2) is 6.61 Å². The van der Waals surface area contributed by atoms with Crippen molar-refractivity contribution in [2.24, 2.45) is 17.8 Å². The fourth-order valence-electron chi connectivity index (χ4n) is 4.89. The highest BCUT2D eigenvalue weighted by Crippen LogP contribution is 2.42. The molecule has 2 aliphatic rings. The van der Waals surface area contributed by atoms with Crippen molar-refractivity contribution in [3.63, 3.8) is 0 Å². The largest absolute Gasteiger partial charge is 0.494 e. The van der Waals surface area contributed by atoms with Crippen molar-refractivity contribution in [1.82, 2.24) is 0 Å². The minimum atomic E-state index is 0.810. The molecule has 1 aromatic carbocycles. The number of rotatable bonds is 7. The topological polar surface area (TPSA) is 9.23 Å². The highest BCUT2D eigenvalue weighted by atomic mass is 16.5. The first kappa shape index (κ1) is 18.5. The van der Waals surface area contributed by atoms with E-state index in [0.717, 1.165) is 36.5 Å². The van der Waals surface area contributed by atoms with Crippen LogP contribution < -0.4 is 4.74 Å². The maximum atomic E-state index is 5.70. The van der Waals surface area contributed by atoms with Crippen LogP contribution in [0, 0.1) is 17.8 Å². The van der Waals surface area contributed by atoms with Gasteiger partial charge < -0.3 is 4.74 Å². The first-order valence-electron chi connectivity index (χ1n) is 10.7. The molecule has 1 atom stereocenters. The molecule has 2 aliphatic carbocycles. The average Bonchev–Trinajstić information content (AvgIpc) is 2.68. The van der Waals surface area contributed by atoms with Gasteiger partial charge in [0, 0.05) is 0 Å². The molecular formula is C24H36O. The van der Waals surface area contributed by atoms with E-state index in [9.17, 15) is 0 Å². The molecule has 1 unspecified atom stereocenters. The number of hydrogen-bond donors (Lipinski definition) is 0. The summed E-state index contributed by atoms with van der Waals surface area (Å²) in [4.78, 5) is 0. The third-order valence-electron chi connectivity index (χ3n) is 6.40. The highest BCUT2D eigenvalue weighted by Gasteiger charge is 2.28. The molecule has 1 aromatic rings. The maximum absolute atomic E-state index is 5.70. The molecule has 0 spiro atoms. The molecular weight excluding hydrogens is 304 g/mol. The van der Waals surface area contributed by atoms with Gasteiger partial charge in [0.25, 0.3) is 0 Å². The van der Waals surface area contributed by atoms with E-state index in [1.165, 1.54) is 63.4 Å². The lowest BCUT2D eigenvalue weighted by Crippen LogP contribution is -2.23. The summed E-state index contributed by atoms with van der Waals surface area (Å²) in [5, 5.41) is 0. The quantitative estimate of drug-likeness (QED) is 0.507. The van der Waals surface area contributed by atoms with Crippen LogP contribution in [0.5, 0.6) is 5.75 Å². The summed E-state index contributed by atoms with van der Waals surface area (Å²) in [6.07, 6.45) is 16.3. The van der Waals surface area contributed by atoms with Gasteiger partial charge in [0.1, 0.15) is 5.75 Å². The van der Waals surface area contributed by atoms with Crippen LogP contribution in [0.15, 0.2) is 30.3 Å². The Balaban J connectivity index is 1.50. The van der Waals surface area contributed by atoms with Crippen LogP contribution in [-0.2, 0) is 0 Å². The molecule has 1 fully saturated rings. The molecule has 0 saturated heterocycles. The van der Waals surface area contributed by atoms with E-state index in [0.29, 0.717) is 0 Å². The zero-order valence-corrected chi connectivity index (χ0v) is 16.3. The molecule has 1 saturated carbocycles. The Morgan fingerprint density at radius 2 is 1.64 bits per heavy atom. The molecule has 0 amide bonds. The van der Waals surface area contributed by atoms with Gasteiger partial charge in [-0.05, 0) is 79.5 Å². The molecule has 25 heavy (non-hydrogen) atoms. The summed E-state index contributed by atoms with van der Waals surface area (Å²) < 4.78 is 5.70. The van der Waals surface area contributed by atoms with Crippen molar-refractivity contribution in [1.29, 1.82) is 0 Å². The van der Waals surface area contributed by atoms with Crippen molar-refractivity contribution in [3.8, 4) is 5.75 Å². The Labute approximate surface area is 154 Å². The highest BCUT2D eigenvalue weighted by molar-refractivity contribution is 5.66. The number of ether oxygens (including phenoxy) is 1. The standard InChI is InChI=1S/C24H36O/c1-3-5-19-6-8-20(9-7-19)21-10-12-22(13-11-21)23-14-16-24(17-15-23)25-18-4-2/h12,14-17,19-21H,3-11,13,18H2,1-2H3. The van der Waals surface area contributed by atoms with Crippen LogP contribution in [0.25, 0.3) is 5.57 Å². The number of hydrogen-bond acceptors (Lipinski definition) is 1. The van der Waals surface area contributed by atoms with E-state index >= 15 is 0 Å². The third-order valence-corrected chi connectivity index (χ3v) is 6.40. The van der Waals surface area contributed by atoms with Crippen LogP contribution >= 0.6 is 0 Å². The second-order valence-electron chi connectivity index (χ2n) is 8.21. The van der Waals surface area contributed by atoms with E-state index in [1.54, 1.807) is 5.57 Å². The maximum Gasteiger partial charge on any atom is 0.119 e. The van der Waals surface area contributed by atoms with Crippen LogP contribution in [0.4, 0.5) is 0 Å².